The van der Waals surface area contributed by atoms with Crippen LogP contribution in [0.15, 0.2) is 53.5 Å². The fraction of sp³-hybridized carbons (Fsp3) is 0.417. The molecule has 0 heterocycles. The smallest absolute Gasteiger partial charge is 0.253 e. The number of amides is 1. The van der Waals surface area contributed by atoms with Crippen molar-refractivity contribution in [2.75, 3.05) is 27.2 Å². The summed E-state index contributed by atoms with van der Waals surface area (Å²) < 4.78 is 5.80. The van der Waals surface area contributed by atoms with Crippen LogP contribution in [0.5, 0.6) is 5.75 Å². The van der Waals surface area contributed by atoms with Crippen LogP contribution in [-0.2, 0) is 13.1 Å². The van der Waals surface area contributed by atoms with Gasteiger partial charge in [-0.1, -0.05) is 38.1 Å². The molecule has 0 atom stereocenters. The van der Waals surface area contributed by atoms with E-state index in [4.69, 9.17) is 4.74 Å². The van der Waals surface area contributed by atoms with Crippen LogP contribution in [0.25, 0.3) is 0 Å². The van der Waals surface area contributed by atoms with Crippen molar-refractivity contribution in [3.05, 3.63) is 65.2 Å². The second kappa shape index (κ2) is 13.9. The largest absolute Gasteiger partial charge is 0.493 e. The minimum atomic E-state index is 0. The standard InChI is InChI=1S/C24H34N4O2.HI/c1-6-25-24(26-15-19-10-12-21(13-11-19)23(29)28(4)5)27-16-20-8-7-9-22(14-20)30-17-18(2)3;/h7-14,18H,6,15-17H2,1-5H3,(H2,25,26,27);1H. The van der Waals surface area contributed by atoms with Gasteiger partial charge in [0.15, 0.2) is 5.96 Å². The predicted octanol–water partition coefficient (Wildman–Crippen LogP) is 4.30. The summed E-state index contributed by atoms with van der Waals surface area (Å²) in [7, 11) is 3.51. The molecule has 1 amide bonds. The Hall–Kier alpha value is -2.29. The number of nitrogens with one attached hydrogen (secondary N) is 2. The molecule has 31 heavy (non-hydrogen) atoms. The maximum atomic E-state index is 12.0. The van der Waals surface area contributed by atoms with Gasteiger partial charge in [-0.3, -0.25) is 4.79 Å². The van der Waals surface area contributed by atoms with E-state index in [2.05, 4.69) is 35.5 Å². The molecule has 6 nitrogen and oxygen atoms in total. The summed E-state index contributed by atoms with van der Waals surface area (Å²) in [6.45, 7) is 8.98. The topological polar surface area (TPSA) is 66.0 Å². The molecule has 0 aliphatic carbocycles. The zero-order valence-electron chi connectivity index (χ0n) is 19.1. The van der Waals surface area contributed by atoms with Gasteiger partial charge >= 0.3 is 0 Å². The van der Waals surface area contributed by atoms with E-state index in [0.717, 1.165) is 29.4 Å². The van der Waals surface area contributed by atoms with E-state index in [9.17, 15) is 4.79 Å². The Morgan fingerprint density at radius 3 is 2.39 bits per heavy atom. The van der Waals surface area contributed by atoms with Crippen LogP contribution >= 0.6 is 24.0 Å². The van der Waals surface area contributed by atoms with Crippen LogP contribution in [0.2, 0.25) is 0 Å². The first-order valence-corrected chi connectivity index (χ1v) is 10.4. The third-order valence-corrected chi connectivity index (χ3v) is 4.31. The lowest BCUT2D eigenvalue weighted by Crippen LogP contribution is -2.36. The second-order valence-corrected chi connectivity index (χ2v) is 7.80. The van der Waals surface area contributed by atoms with E-state index < -0.39 is 0 Å². The van der Waals surface area contributed by atoms with Crippen LogP contribution in [0.4, 0.5) is 0 Å². The van der Waals surface area contributed by atoms with Crippen molar-refractivity contribution in [1.82, 2.24) is 15.5 Å². The van der Waals surface area contributed by atoms with Gasteiger partial charge < -0.3 is 20.3 Å². The summed E-state index contributed by atoms with van der Waals surface area (Å²) in [5.74, 6) is 2.12. The number of carbonyl (C=O) groups excluding carboxylic acids is 1. The first-order valence-electron chi connectivity index (χ1n) is 10.4. The minimum Gasteiger partial charge on any atom is -0.493 e. The maximum absolute atomic E-state index is 12.0. The second-order valence-electron chi connectivity index (χ2n) is 7.80. The zero-order valence-corrected chi connectivity index (χ0v) is 21.5. The van der Waals surface area contributed by atoms with Gasteiger partial charge in [0.1, 0.15) is 5.75 Å². The molecule has 0 fully saturated rings. The summed E-state index contributed by atoms with van der Waals surface area (Å²) >= 11 is 0. The van der Waals surface area contributed by atoms with E-state index >= 15 is 0 Å². The van der Waals surface area contributed by atoms with Crippen LogP contribution < -0.4 is 15.4 Å². The molecule has 2 rings (SSSR count). The molecule has 0 saturated heterocycles. The number of carbonyl (C=O) groups is 1. The van der Waals surface area contributed by atoms with E-state index in [1.807, 2.05) is 49.4 Å². The molecular weight excluding hydrogens is 503 g/mol. The summed E-state index contributed by atoms with van der Waals surface area (Å²) in [5.41, 5.74) is 2.86. The number of ether oxygens (including phenoxy) is 1. The lowest BCUT2D eigenvalue weighted by Gasteiger charge is -2.13. The monoisotopic (exact) mass is 538 g/mol. The van der Waals surface area contributed by atoms with Crippen molar-refractivity contribution in [2.45, 2.75) is 33.9 Å². The first kappa shape index (κ1) is 26.7. The number of aliphatic imine (C=N–C) groups is 1. The molecule has 2 aromatic carbocycles. The number of nitrogens with zero attached hydrogens (tertiary/aromatic N) is 2. The Kier molecular flexibility index (Phi) is 12.0. The van der Waals surface area contributed by atoms with Gasteiger partial charge in [0.05, 0.1) is 13.2 Å². The van der Waals surface area contributed by atoms with E-state index in [0.29, 0.717) is 31.2 Å². The van der Waals surface area contributed by atoms with Crippen LogP contribution in [-0.4, -0.2) is 44.0 Å². The molecule has 0 aliphatic heterocycles. The minimum absolute atomic E-state index is 0. The number of hydrogen-bond donors (Lipinski definition) is 2. The normalized spacial score (nSPS) is 11.0. The molecule has 2 N–H and O–H groups in total. The molecule has 2 aromatic rings. The predicted molar refractivity (Wildman–Crippen MR) is 138 cm³/mol. The van der Waals surface area contributed by atoms with E-state index in [1.165, 1.54) is 0 Å². The Balaban J connectivity index is 0.00000480. The summed E-state index contributed by atoms with van der Waals surface area (Å²) in [6.07, 6.45) is 0. The molecule has 170 valence electrons. The Morgan fingerprint density at radius 1 is 1.06 bits per heavy atom. The maximum Gasteiger partial charge on any atom is 0.253 e. The molecular formula is C24H35IN4O2. The van der Waals surface area contributed by atoms with Crippen LogP contribution in [0, 0.1) is 5.92 Å². The van der Waals surface area contributed by atoms with Crippen molar-refractivity contribution >= 4 is 35.8 Å². The van der Waals surface area contributed by atoms with Gasteiger partial charge in [-0.15, -0.1) is 24.0 Å². The zero-order chi connectivity index (χ0) is 21.9. The quantitative estimate of drug-likeness (QED) is 0.284. The molecule has 0 aliphatic rings. The van der Waals surface area contributed by atoms with Crippen molar-refractivity contribution in [2.24, 2.45) is 10.9 Å². The Labute approximate surface area is 203 Å². The van der Waals surface area contributed by atoms with Gasteiger partial charge in [0, 0.05) is 32.7 Å². The lowest BCUT2D eigenvalue weighted by atomic mass is 10.1. The highest BCUT2D eigenvalue weighted by atomic mass is 127. The average molecular weight is 538 g/mol. The summed E-state index contributed by atoms with van der Waals surface area (Å²) in [5, 5.41) is 6.61. The Bertz CT molecular complexity index is 836. The van der Waals surface area contributed by atoms with E-state index in [-0.39, 0.29) is 29.9 Å². The van der Waals surface area contributed by atoms with Gasteiger partial charge in [0.2, 0.25) is 0 Å². The lowest BCUT2D eigenvalue weighted by molar-refractivity contribution is 0.0827. The first-order chi connectivity index (χ1) is 14.4. The van der Waals surface area contributed by atoms with Crippen molar-refractivity contribution in [1.29, 1.82) is 0 Å². The fourth-order valence-electron chi connectivity index (χ4n) is 2.72. The third kappa shape index (κ3) is 9.59. The molecule has 7 heteroatoms. The van der Waals surface area contributed by atoms with Gasteiger partial charge in [0.25, 0.3) is 5.91 Å². The van der Waals surface area contributed by atoms with Gasteiger partial charge in [-0.05, 0) is 48.2 Å². The SMILES string of the molecule is CCNC(=NCc1cccc(OCC(C)C)c1)NCc1ccc(C(=O)N(C)C)cc1.I. The number of halogens is 1. The van der Waals surface area contributed by atoms with Crippen LogP contribution in [0.3, 0.4) is 0 Å². The fourth-order valence-corrected chi connectivity index (χ4v) is 2.72. The van der Waals surface area contributed by atoms with Gasteiger partial charge in [-0.2, -0.15) is 0 Å². The summed E-state index contributed by atoms with van der Waals surface area (Å²) in [6, 6.07) is 15.7. The molecule has 0 saturated carbocycles. The highest BCUT2D eigenvalue weighted by molar-refractivity contribution is 14.0. The van der Waals surface area contributed by atoms with Crippen molar-refractivity contribution in [3.63, 3.8) is 0 Å². The van der Waals surface area contributed by atoms with Crippen molar-refractivity contribution in [3.8, 4) is 5.75 Å². The van der Waals surface area contributed by atoms with Gasteiger partial charge in [-0.25, -0.2) is 4.99 Å². The number of hydrogen-bond acceptors (Lipinski definition) is 3. The average Bonchev–Trinajstić information content (AvgIpc) is 2.74. The molecule has 0 unspecified atom stereocenters. The summed E-state index contributed by atoms with van der Waals surface area (Å²) in [4.78, 5) is 18.3. The molecule has 0 aromatic heterocycles. The van der Waals surface area contributed by atoms with E-state index in [1.54, 1.807) is 19.0 Å². The highest BCUT2D eigenvalue weighted by Crippen LogP contribution is 2.15. The molecule has 0 bridgehead atoms. The number of rotatable bonds is 9. The Morgan fingerprint density at radius 2 is 1.77 bits per heavy atom. The number of guanidine groups is 1. The van der Waals surface area contributed by atoms with Crippen LogP contribution in [0.1, 0.15) is 42.3 Å². The third-order valence-electron chi connectivity index (χ3n) is 4.31. The molecule has 0 radical (unpaired) electrons. The molecule has 0 spiro atoms. The highest BCUT2D eigenvalue weighted by Gasteiger charge is 2.07. The number of benzene rings is 2. The van der Waals surface area contributed by atoms with Crippen molar-refractivity contribution < 1.29 is 9.53 Å².